The summed E-state index contributed by atoms with van der Waals surface area (Å²) in [5, 5.41) is 0. The summed E-state index contributed by atoms with van der Waals surface area (Å²) in [5.74, 6) is 0. The van der Waals surface area contributed by atoms with Crippen LogP contribution in [0.25, 0.3) is 0 Å². The van der Waals surface area contributed by atoms with Gasteiger partial charge in [-0.25, -0.2) is 0 Å². The Balaban J connectivity index is 3.40. The summed E-state index contributed by atoms with van der Waals surface area (Å²) in [6, 6.07) is 0.812. The summed E-state index contributed by atoms with van der Waals surface area (Å²) in [6.07, 6.45) is 41.4. The van der Waals surface area contributed by atoms with Crippen LogP contribution in [0.2, 0.25) is 0 Å². The van der Waals surface area contributed by atoms with Gasteiger partial charge in [0.15, 0.2) is 0 Å². The Morgan fingerprint density at radius 1 is 0.455 bits per heavy atom. The van der Waals surface area contributed by atoms with Crippen LogP contribution in [0.5, 0.6) is 0 Å². The number of rotatable bonds is 26. The largest absolute Gasteiger partial charge is 0.306 e. The second-order valence-electron chi connectivity index (χ2n) is 10.6. The summed E-state index contributed by atoms with van der Waals surface area (Å²) < 4.78 is 0. The van der Waals surface area contributed by atoms with Crippen molar-refractivity contribution in [3.05, 3.63) is 24.3 Å². The second kappa shape index (κ2) is 27.7. The molecule has 1 heteroatoms. The Hall–Kier alpha value is -0.560. The van der Waals surface area contributed by atoms with Crippen LogP contribution in [-0.2, 0) is 0 Å². The summed E-state index contributed by atoms with van der Waals surface area (Å²) in [5.41, 5.74) is 0. The molecule has 0 spiro atoms. The van der Waals surface area contributed by atoms with E-state index in [2.05, 4.69) is 57.1 Å². The zero-order valence-corrected chi connectivity index (χ0v) is 23.6. The minimum Gasteiger partial charge on any atom is -0.306 e. The van der Waals surface area contributed by atoms with Gasteiger partial charge in [0.2, 0.25) is 0 Å². The second-order valence-corrected chi connectivity index (χ2v) is 10.6. The number of hydrogen-bond acceptors (Lipinski definition) is 1. The Morgan fingerprint density at radius 3 is 1.27 bits per heavy atom. The summed E-state index contributed by atoms with van der Waals surface area (Å²) in [7, 11) is 4.56. The first-order valence-electron chi connectivity index (χ1n) is 15.2. The van der Waals surface area contributed by atoms with Gasteiger partial charge in [-0.3, -0.25) is 0 Å². The molecule has 1 nitrogen and oxygen atoms in total. The molecule has 0 heterocycles. The van der Waals surface area contributed by atoms with Gasteiger partial charge in [-0.05, 0) is 59.0 Å². The minimum absolute atomic E-state index is 0.812. The van der Waals surface area contributed by atoms with Crippen LogP contribution in [0.4, 0.5) is 0 Å². The zero-order chi connectivity index (χ0) is 24.2. The van der Waals surface area contributed by atoms with E-state index in [1.165, 1.54) is 141 Å². The topological polar surface area (TPSA) is 3.24 Å². The summed E-state index contributed by atoms with van der Waals surface area (Å²) in [6.45, 7) is 4.57. The quantitative estimate of drug-likeness (QED) is 0.0914. The van der Waals surface area contributed by atoms with E-state index in [0.717, 1.165) is 12.5 Å². The standard InChI is InChI=1S/C32H63N/c1-5-7-9-11-13-14-15-16-17-18-19-20-21-22-23-24-25-27-29-31-32(33(3)4)30-28-26-12-10-8-6-2/h13-14,16-17,32H,5-12,15,18-31H2,1-4H3. The molecule has 0 rings (SSSR count). The normalized spacial score (nSPS) is 13.1. The van der Waals surface area contributed by atoms with Crippen molar-refractivity contribution in [3.8, 4) is 0 Å². The summed E-state index contributed by atoms with van der Waals surface area (Å²) >= 11 is 0. The molecule has 0 saturated heterocycles. The van der Waals surface area contributed by atoms with Crippen LogP contribution in [0, 0.1) is 0 Å². The van der Waals surface area contributed by atoms with Gasteiger partial charge >= 0.3 is 0 Å². The monoisotopic (exact) mass is 461 g/mol. The minimum atomic E-state index is 0.812. The Kier molecular flexibility index (Phi) is 27.2. The predicted molar refractivity (Wildman–Crippen MR) is 153 cm³/mol. The predicted octanol–water partition coefficient (Wildman–Crippen LogP) is 11.0. The molecule has 1 unspecified atom stereocenters. The fraction of sp³-hybridized carbons (Fsp3) is 0.875. The lowest BCUT2D eigenvalue weighted by Crippen LogP contribution is -2.27. The van der Waals surface area contributed by atoms with Crippen molar-refractivity contribution in [2.75, 3.05) is 14.1 Å². The molecule has 0 N–H and O–H groups in total. The van der Waals surface area contributed by atoms with Gasteiger partial charge in [0.05, 0.1) is 0 Å². The SMILES string of the molecule is CCCCCC=CCC=CCCCCCCCCCCCC(CCCCCCCC)N(C)C. The van der Waals surface area contributed by atoms with E-state index in [1.54, 1.807) is 0 Å². The van der Waals surface area contributed by atoms with Gasteiger partial charge in [-0.2, -0.15) is 0 Å². The average Bonchev–Trinajstić information content (AvgIpc) is 2.81. The molecule has 0 aliphatic rings. The van der Waals surface area contributed by atoms with Crippen molar-refractivity contribution in [1.82, 2.24) is 4.90 Å². The highest BCUT2D eigenvalue weighted by atomic mass is 15.1. The maximum absolute atomic E-state index is 2.48. The van der Waals surface area contributed by atoms with Gasteiger partial charge in [-0.15, -0.1) is 0 Å². The van der Waals surface area contributed by atoms with E-state index in [-0.39, 0.29) is 0 Å². The van der Waals surface area contributed by atoms with Crippen molar-refractivity contribution in [1.29, 1.82) is 0 Å². The van der Waals surface area contributed by atoms with Gasteiger partial charge in [0.1, 0.15) is 0 Å². The molecule has 0 radical (unpaired) electrons. The third kappa shape index (κ3) is 25.9. The third-order valence-corrected chi connectivity index (χ3v) is 7.11. The van der Waals surface area contributed by atoms with Crippen LogP contribution in [0.1, 0.15) is 162 Å². The average molecular weight is 462 g/mol. The zero-order valence-electron chi connectivity index (χ0n) is 23.6. The van der Waals surface area contributed by atoms with Crippen LogP contribution in [-0.4, -0.2) is 25.0 Å². The fourth-order valence-electron chi connectivity index (χ4n) is 4.72. The highest BCUT2D eigenvalue weighted by Crippen LogP contribution is 2.17. The molecular formula is C32H63N. The van der Waals surface area contributed by atoms with E-state index in [1.807, 2.05) is 0 Å². The van der Waals surface area contributed by atoms with Gasteiger partial charge in [-0.1, -0.05) is 141 Å². The van der Waals surface area contributed by atoms with E-state index in [0.29, 0.717) is 0 Å². The Morgan fingerprint density at radius 2 is 0.818 bits per heavy atom. The molecule has 0 aliphatic carbocycles. The van der Waals surface area contributed by atoms with E-state index < -0.39 is 0 Å². The van der Waals surface area contributed by atoms with Gasteiger partial charge < -0.3 is 4.90 Å². The van der Waals surface area contributed by atoms with Gasteiger partial charge in [0.25, 0.3) is 0 Å². The van der Waals surface area contributed by atoms with Crippen LogP contribution in [0.3, 0.4) is 0 Å². The third-order valence-electron chi connectivity index (χ3n) is 7.11. The van der Waals surface area contributed by atoms with Gasteiger partial charge in [0, 0.05) is 6.04 Å². The number of unbranched alkanes of at least 4 members (excludes halogenated alkanes) is 17. The molecule has 0 aromatic heterocycles. The van der Waals surface area contributed by atoms with E-state index in [9.17, 15) is 0 Å². The van der Waals surface area contributed by atoms with Crippen molar-refractivity contribution >= 4 is 0 Å². The lowest BCUT2D eigenvalue weighted by atomic mass is 9.99. The first kappa shape index (κ1) is 32.4. The molecule has 196 valence electrons. The molecular weight excluding hydrogens is 398 g/mol. The molecule has 0 fully saturated rings. The molecule has 0 aliphatic heterocycles. The summed E-state index contributed by atoms with van der Waals surface area (Å²) in [4.78, 5) is 2.48. The molecule has 0 aromatic carbocycles. The number of allylic oxidation sites excluding steroid dienone is 4. The first-order valence-corrected chi connectivity index (χ1v) is 15.2. The number of hydrogen-bond donors (Lipinski definition) is 0. The van der Waals surface area contributed by atoms with Crippen molar-refractivity contribution < 1.29 is 0 Å². The van der Waals surface area contributed by atoms with Crippen LogP contribution < -0.4 is 0 Å². The molecule has 0 amide bonds. The molecule has 0 saturated carbocycles. The fourth-order valence-corrected chi connectivity index (χ4v) is 4.72. The smallest absolute Gasteiger partial charge is 0.00891 e. The Labute approximate surface area is 210 Å². The first-order chi connectivity index (χ1) is 16.2. The van der Waals surface area contributed by atoms with Crippen molar-refractivity contribution in [2.24, 2.45) is 0 Å². The van der Waals surface area contributed by atoms with Crippen LogP contribution >= 0.6 is 0 Å². The lowest BCUT2D eigenvalue weighted by Gasteiger charge is -2.24. The molecule has 33 heavy (non-hydrogen) atoms. The van der Waals surface area contributed by atoms with E-state index in [4.69, 9.17) is 0 Å². The molecule has 0 aromatic rings. The van der Waals surface area contributed by atoms with Crippen molar-refractivity contribution in [2.45, 2.75) is 168 Å². The molecule has 1 atom stereocenters. The highest BCUT2D eigenvalue weighted by Gasteiger charge is 2.10. The van der Waals surface area contributed by atoms with Crippen LogP contribution in [0.15, 0.2) is 24.3 Å². The molecule has 0 bridgehead atoms. The number of nitrogens with zero attached hydrogens (tertiary/aromatic N) is 1. The maximum atomic E-state index is 2.48. The highest BCUT2D eigenvalue weighted by molar-refractivity contribution is 4.92. The lowest BCUT2D eigenvalue weighted by molar-refractivity contribution is 0.251. The Bertz CT molecular complexity index is 409. The maximum Gasteiger partial charge on any atom is 0.00891 e. The van der Waals surface area contributed by atoms with E-state index >= 15 is 0 Å². The van der Waals surface area contributed by atoms with Crippen molar-refractivity contribution in [3.63, 3.8) is 0 Å².